The second-order valence-electron chi connectivity index (χ2n) is 3.68. The van der Waals surface area contributed by atoms with Gasteiger partial charge in [-0.2, -0.15) is 0 Å². The molecule has 5 heteroatoms. The van der Waals surface area contributed by atoms with Crippen LogP contribution in [0.5, 0.6) is 0 Å². The van der Waals surface area contributed by atoms with Crippen LogP contribution in [0.3, 0.4) is 0 Å². The third kappa shape index (κ3) is 4.91. The van der Waals surface area contributed by atoms with E-state index in [9.17, 15) is 0 Å². The fourth-order valence-electron chi connectivity index (χ4n) is 1.78. The van der Waals surface area contributed by atoms with E-state index in [2.05, 4.69) is 44.8 Å². The molecule has 1 aliphatic rings. The first-order valence-corrected chi connectivity index (χ1v) is 5.87. The lowest BCUT2D eigenvalue weighted by molar-refractivity contribution is 0.479. The number of piperidine rings is 1. The Labute approximate surface area is 118 Å². The Morgan fingerprint density at radius 1 is 1.19 bits per heavy atom. The molecular formula is C11H17BrCl2N2. The first kappa shape index (κ1) is 16.0. The van der Waals surface area contributed by atoms with Gasteiger partial charge in [-0.25, -0.2) is 0 Å². The van der Waals surface area contributed by atoms with Crippen LogP contribution in [0.15, 0.2) is 28.7 Å². The lowest BCUT2D eigenvalue weighted by Gasteiger charge is -2.24. The summed E-state index contributed by atoms with van der Waals surface area (Å²) in [4.78, 5) is 0. The van der Waals surface area contributed by atoms with Crippen molar-refractivity contribution in [2.75, 3.05) is 18.4 Å². The van der Waals surface area contributed by atoms with E-state index in [1.165, 1.54) is 18.5 Å². The maximum atomic E-state index is 3.55. The smallest absolute Gasteiger partial charge is 0.0353 e. The summed E-state index contributed by atoms with van der Waals surface area (Å²) in [5.74, 6) is 0. The van der Waals surface area contributed by atoms with Gasteiger partial charge in [-0.3, -0.25) is 0 Å². The molecule has 0 unspecified atom stereocenters. The second-order valence-corrected chi connectivity index (χ2v) is 4.59. The molecule has 0 radical (unpaired) electrons. The molecule has 0 atom stereocenters. The lowest BCUT2D eigenvalue weighted by Crippen LogP contribution is -2.35. The molecule has 1 aliphatic heterocycles. The molecule has 1 heterocycles. The van der Waals surface area contributed by atoms with E-state index in [-0.39, 0.29) is 24.8 Å². The van der Waals surface area contributed by atoms with Gasteiger partial charge in [0.05, 0.1) is 0 Å². The minimum absolute atomic E-state index is 0. The van der Waals surface area contributed by atoms with Crippen LogP contribution >= 0.6 is 40.7 Å². The van der Waals surface area contributed by atoms with Gasteiger partial charge in [0.15, 0.2) is 0 Å². The fraction of sp³-hybridized carbons (Fsp3) is 0.455. The third-order valence-electron chi connectivity index (χ3n) is 2.53. The highest BCUT2D eigenvalue weighted by molar-refractivity contribution is 9.10. The van der Waals surface area contributed by atoms with Crippen molar-refractivity contribution in [3.63, 3.8) is 0 Å². The molecule has 0 amide bonds. The topological polar surface area (TPSA) is 24.1 Å². The first-order chi connectivity index (χ1) is 6.84. The Morgan fingerprint density at radius 2 is 1.88 bits per heavy atom. The first-order valence-electron chi connectivity index (χ1n) is 5.07. The summed E-state index contributed by atoms with van der Waals surface area (Å²) in [7, 11) is 0. The highest BCUT2D eigenvalue weighted by Gasteiger charge is 2.11. The predicted molar refractivity (Wildman–Crippen MR) is 78.2 cm³/mol. The summed E-state index contributed by atoms with van der Waals surface area (Å²) in [6, 6.07) is 8.99. The molecule has 1 saturated heterocycles. The largest absolute Gasteiger partial charge is 0.382 e. The van der Waals surface area contributed by atoms with Crippen molar-refractivity contribution in [1.82, 2.24) is 5.32 Å². The molecule has 0 saturated carbocycles. The third-order valence-corrected chi connectivity index (χ3v) is 3.03. The summed E-state index contributed by atoms with van der Waals surface area (Å²) in [5.41, 5.74) is 1.21. The van der Waals surface area contributed by atoms with Crippen molar-refractivity contribution in [2.24, 2.45) is 0 Å². The van der Waals surface area contributed by atoms with Crippen molar-refractivity contribution in [2.45, 2.75) is 18.9 Å². The van der Waals surface area contributed by atoms with Gasteiger partial charge >= 0.3 is 0 Å². The Balaban J connectivity index is 0.00000112. The average molecular weight is 328 g/mol. The van der Waals surface area contributed by atoms with Crippen LogP contribution in [0.2, 0.25) is 0 Å². The van der Waals surface area contributed by atoms with Crippen LogP contribution in [-0.2, 0) is 0 Å². The van der Waals surface area contributed by atoms with Crippen LogP contribution in [0.1, 0.15) is 12.8 Å². The number of rotatable bonds is 2. The molecule has 92 valence electrons. The van der Waals surface area contributed by atoms with E-state index in [1.807, 2.05) is 6.07 Å². The van der Waals surface area contributed by atoms with E-state index in [0.29, 0.717) is 6.04 Å². The molecule has 0 aliphatic carbocycles. The zero-order valence-corrected chi connectivity index (χ0v) is 12.1. The highest BCUT2D eigenvalue weighted by Crippen LogP contribution is 2.18. The Bertz CT molecular complexity index is 304. The molecule has 0 aromatic heterocycles. The maximum absolute atomic E-state index is 3.55. The second kappa shape index (κ2) is 8.18. The quantitative estimate of drug-likeness (QED) is 0.869. The van der Waals surface area contributed by atoms with Crippen molar-refractivity contribution in [3.05, 3.63) is 28.7 Å². The van der Waals surface area contributed by atoms with E-state index < -0.39 is 0 Å². The molecule has 1 fully saturated rings. The summed E-state index contributed by atoms with van der Waals surface area (Å²) in [6.07, 6.45) is 2.43. The number of hydrogen-bond donors (Lipinski definition) is 2. The van der Waals surface area contributed by atoms with Crippen LogP contribution < -0.4 is 10.6 Å². The Hall–Kier alpha value is 0.0400. The molecule has 2 nitrogen and oxygen atoms in total. The van der Waals surface area contributed by atoms with E-state index in [1.54, 1.807) is 0 Å². The minimum Gasteiger partial charge on any atom is -0.382 e. The molecule has 0 bridgehead atoms. The van der Waals surface area contributed by atoms with E-state index >= 15 is 0 Å². The number of anilines is 1. The van der Waals surface area contributed by atoms with Gasteiger partial charge in [0.1, 0.15) is 0 Å². The predicted octanol–water partition coefficient (Wildman–Crippen LogP) is 3.46. The van der Waals surface area contributed by atoms with Crippen LogP contribution in [-0.4, -0.2) is 19.1 Å². The minimum atomic E-state index is 0. The molecule has 16 heavy (non-hydrogen) atoms. The molecule has 1 aromatic rings. The van der Waals surface area contributed by atoms with Gasteiger partial charge in [0, 0.05) is 16.2 Å². The number of hydrogen-bond acceptors (Lipinski definition) is 2. The highest BCUT2D eigenvalue weighted by atomic mass is 79.9. The monoisotopic (exact) mass is 326 g/mol. The van der Waals surface area contributed by atoms with Crippen LogP contribution in [0.4, 0.5) is 5.69 Å². The van der Waals surface area contributed by atoms with Gasteiger partial charge in [-0.05, 0) is 44.1 Å². The maximum Gasteiger partial charge on any atom is 0.0353 e. The number of benzene rings is 1. The van der Waals surface area contributed by atoms with Gasteiger partial charge in [-0.15, -0.1) is 24.8 Å². The van der Waals surface area contributed by atoms with E-state index in [0.717, 1.165) is 17.6 Å². The normalized spacial score (nSPS) is 15.8. The lowest BCUT2D eigenvalue weighted by atomic mass is 10.1. The Kier molecular flexibility index (Phi) is 8.20. The zero-order chi connectivity index (χ0) is 9.80. The Morgan fingerprint density at radius 3 is 2.50 bits per heavy atom. The average Bonchev–Trinajstić information content (AvgIpc) is 2.19. The standard InChI is InChI=1S/C11H15BrN2.2ClH/c12-9-2-1-3-11(8-9)14-10-4-6-13-7-5-10;;/h1-3,8,10,13-14H,4-7H2;2*1H. The van der Waals surface area contributed by atoms with Crippen molar-refractivity contribution in [1.29, 1.82) is 0 Å². The fourth-order valence-corrected chi connectivity index (χ4v) is 2.18. The van der Waals surface area contributed by atoms with Gasteiger partial charge in [0.2, 0.25) is 0 Å². The van der Waals surface area contributed by atoms with Crippen LogP contribution in [0, 0.1) is 0 Å². The van der Waals surface area contributed by atoms with Gasteiger partial charge in [-0.1, -0.05) is 22.0 Å². The molecular weight excluding hydrogens is 311 g/mol. The van der Waals surface area contributed by atoms with Gasteiger partial charge < -0.3 is 10.6 Å². The summed E-state index contributed by atoms with van der Waals surface area (Å²) < 4.78 is 1.14. The van der Waals surface area contributed by atoms with Gasteiger partial charge in [0.25, 0.3) is 0 Å². The number of halogens is 3. The molecule has 0 spiro atoms. The summed E-state index contributed by atoms with van der Waals surface area (Å²) in [6.45, 7) is 2.26. The molecule has 1 aromatic carbocycles. The SMILES string of the molecule is Brc1cccc(NC2CCNCC2)c1.Cl.Cl. The van der Waals surface area contributed by atoms with E-state index in [4.69, 9.17) is 0 Å². The van der Waals surface area contributed by atoms with Crippen LogP contribution in [0.25, 0.3) is 0 Å². The molecule has 2 rings (SSSR count). The van der Waals surface area contributed by atoms with Crippen molar-refractivity contribution >= 4 is 46.4 Å². The number of nitrogens with one attached hydrogen (secondary N) is 2. The zero-order valence-electron chi connectivity index (χ0n) is 8.91. The van der Waals surface area contributed by atoms with Crippen molar-refractivity contribution < 1.29 is 0 Å². The summed E-state index contributed by atoms with van der Waals surface area (Å²) >= 11 is 3.47. The molecule has 2 N–H and O–H groups in total. The summed E-state index contributed by atoms with van der Waals surface area (Å²) in [5, 5.41) is 6.91. The van der Waals surface area contributed by atoms with Crippen molar-refractivity contribution in [3.8, 4) is 0 Å².